The van der Waals surface area contributed by atoms with Gasteiger partial charge in [-0.25, -0.2) is 5.43 Å². The molecule has 8 nitrogen and oxygen atoms in total. The summed E-state index contributed by atoms with van der Waals surface area (Å²) in [6.45, 7) is 5.46. The number of amides is 2. The molecule has 0 heterocycles. The van der Waals surface area contributed by atoms with Crippen molar-refractivity contribution < 1.29 is 23.8 Å². The first-order valence-electron chi connectivity index (χ1n) is 10.6. The molecule has 34 heavy (non-hydrogen) atoms. The summed E-state index contributed by atoms with van der Waals surface area (Å²) >= 11 is 12.0. The van der Waals surface area contributed by atoms with Gasteiger partial charge in [0.05, 0.1) is 25.5 Å². The molecule has 0 spiro atoms. The van der Waals surface area contributed by atoms with Gasteiger partial charge in [-0.05, 0) is 55.7 Å². The van der Waals surface area contributed by atoms with Gasteiger partial charge >= 0.3 is 0 Å². The SMILES string of the molecule is COc1ccc(OC)c(/C=N\NC(=O)[C@H](CC(C)C)NC(=O)[C@H](C)Oc2ccc(Cl)cc2Cl)c1. The molecule has 0 fully saturated rings. The van der Waals surface area contributed by atoms with Crippen molar-refractivity contribution in [3.8, 4) is 17.2 Å². The third kappa shape index (κ3) is 8.11. The fourth-order valence-electron chi connectivity index (χ4n) is 2.99. The second kappa shape index (κ2) is 13.1. The summed E-state index contributed by atoms with van der Waals surface area (Å²) in [7, 11) is 3.09. The van der Waals surface area contributed by atoms with Gasteiger partial charge in [-0.1, -0.05) is 37.0 Å². The number of ether oxygens (including phenoxy) is 3. The molecule has 0 radical (unpaired) electrons. The largest absolute Gasteiger partial charge is 0.497 e. The second-order valence-electron chi connectivity index (χ2n) is 7.87. The topological polar surface area (TPSA) is 98.3 Å². The summed E-state index contributed by atoms with van der Waals surface area (Å²) in [6, 6.07) is 9.10. The fraction of sp³-hybridized carbons (Fsp3) is 0.375. The monoisotopic (exact) mass is 509 g/mol. The van der Waals surface area contributed by atoms with E-state index in [1.54, 1.807) is 44.4 Å². The van der Waals surface area contributed by atoms with Crippen molar-refractivity contribution in [2.75, 3.05) is 14.2 Å². The summed E-state index contributed by atoms with van der Waals surface area (Å²) in [5.41, 5.74) is 3.10. The Bertz CT molecular complexity index is 1030. The van der Waals surface area contributed by atoms with Crippen molar-refractivity contribution in [1.82, 2.24) is 10.7 Å². The minimum absolute atomic E-state index is 0.139. The molecular weight excluding hydrogens is 481 g/mol. The Morgan fingerprint density at radius 1 is 1.00 bits per heavy atom. The highest BCUT2D eigenvalue weighted by atomic mass is 35.5. The summed E-state index contributed by atoms with van der Waals surface area (Å²) in [4.78, 5) is 25.5. The average molecular weight is 510 g/mol. The van der Waals surface area contributed by atoms with E-state index >= 15 is 0 Å². The van der Waals surface area contributed by atoms with E-state index in [-0.39, 0.29) is 10.9 Å². The Morgan fingerprint density at radius 2 is 1.71 bits per heavy atom. The lowest BCUT2D eigenvalue weighted by Gasteiger charge is -2.22. The summed E-state index contributed by atoms with van der Waals surface area (Å²) in [5.74, 6) is 0.712. The van der Waals surface area contributed by atoms with E-state index in [1.165, 1.54) is 19.4 Å². The first-order chi connectivity index (χ1) is 16.1. The Balaban J connectivity index is 2.06. The standard InChI is InChI=1S/C24H29Cl2N3O5/c1-14(2)10-20(28-23(30)15(3)34-22-8-6-17(25)12-19(22)26)24(31)29-27-13-16-11-18(32-4)7-9-21(16)33-5/h6-9,11-15,20H,10H2,1-5H3,(H,28,30)(H,29,31)/b27-13-/t15-,20-/m0/s1. The van der Waals surface area contributed by atoms with Crippen molar-refractivity contribution >= 4 is 41.2 Å². The minimum atomic E-state index is -0.898. The van der Waals surface area contributed by atoms with Crippen molar-refractivity contribution in [1.29, 1.82) is 0 Å². The van der Waals surface area contributed by atoms with Crippen LogP contribution in [0.15, 0.2) is 41.5 Å². The third-order valence-electron chi connectivity index (χ3n) is 4.72. The zero-order chi connectivity index (χ0) is 25.3. The Kier molecular flexibility index (Phi) is 10.5. The lowest BCUT2D eigenvalue weighted by Crippen LogP contribution is -2.49. The van der Waals surface area contributed by atoms with Gasteiger partial charge in [0.15, 0.2) is 6.10 Å². The lowest BCUT2D eigenvalue weighted by atomic mass is 10.0. The van der Waals surface area contributed by atoms with Gasteiger partial charge in [0.1, 0.15) is 23.3 Å². The van der Waals surface area contributed by atoms with E-state index in [0.29, 0.717) is 34.3 Å². The van der Waals surface area contributed by atoms with Crippen molar-refractivity contribution in [2.45, 2.75) is 39.3 Å². The number of hydrogen-bond donors (Lipinski definition) is 2. The highest BCUT2D eigenvalue weighted by Crippen LogP contribution is 2.28. The molecule has 2 atom stereocenters. The molecule has 2 N–H and O–H groups in total. The van der Waals surface area contributed by atoms with Crippen molar-refractivity contribution in [3.05, 3.63) is 52.0 Å². The lowest BCUT2D eigenvalue weighted by molar-refractivity contribution is -0.132. The Morgan fingerprint density at radius 3 is 2.32 bits per heavy atom. The smallest absolute Gasteiger partial charge is 0.262 e. The molecular formula is C24H29Cl2N3O5. The average Bonchev–Trinajstić information content (AvgIpc) is 2.79. The number of nitrogens with zero attached hydrogens (tertiary/aromatic N) is 1. The van der Waals surface area contributed by atoms with Crippen LogP contribution >= 0.6 is 23.2 Å². The van der Waals surface area contributed by atoms with Gasteiger partial charge < -0.3 is 19.5 Å². The van der Waals surface area contributed by atoms with E-state index in [9.17, 15) is 9.59 Å². The third-order valence-corrected chi connectivity index (χ3v) is 5.25. The molecule has 0 saturated heterocycles. The van der Waals surface area contributed by atoms with Gasteiger partial charge in [0, 0.05) is 10.6 Å². The molecule has 0 aromatic heterocycles. The van der Waals surface area contributed by atoms with Crippen LogP contribution in [0.1, 0.15) is 32.8 Å². The maximum atomic E-state index is 12.8. The second-order valence-corrected chi connectivity index (χ2v) is 8.71. The highest BCUT2D eigenvalue weighted by Gasteiger charge is 2.25. The number of halogens is 2. The maximum absolute atomic E-state index is 12.8. The molecule has 0 aliphatic heterocycles. The predicted octanol–water partition coefficient (Wildman–Crippen LogP) is 4.46. The molecule has 0 bridgehead atoms. The quantitative estimate of drug-likeness (QED) is 0.344. The fourth-order valence-corrected chi connectivity index (χ4v) is 3.44. The van der Waals surface area contributed by atoms with Gasteiger partial charge in [-0.3, -0.25) is 9.59 Å². The van der Waals surface area contributed by atoms with Crippen molar-refractivity contribution in [2.24, 2.45) is 11.0 Å². The summed E-state index contributed by atoms with van der Waals surface area (Å²) in [6.07, 6.45) is 0.955. The number of benzene rings is 2. The first kappa shape index (κ1) is 27.3. The number of hydrogen-bond acceptors (Lipinski definition) is 6. The van der Waals surface area contributed by atoms with Crippen LogP contribution in [0.3, 0.4) is 0 Å². The molecule has 0 aliphatic rings. The number of carbonyl (C=O) groups is 2. The van der Waals surface area contributed by atoms with E-state index in [4.69, 9.17) is 37.4 Å². The molecule has 0 unspecified atom stereocenters. The Labute approximate surface area is 209 Å². The van der Waals surface area contributed by atoms with Crippen LogP contribution in [0.4, 0.5) is 0 Å². The molecule has 2 aromatic rings. The van der Waals surface area contributed by atoms with E-state index in [2.05, 4.69) is 15.8 Å². The molecule has 184 valence electrons. The Hall–Kier alpha value is -2.97. The van der Waals surface area contributed by atoms with Crippen LogP contribution < -0.4 is 25.0 Å². The number of nitrogens with one attached hydrogen (secondary N) is 2. The number of rotatable bonds is 11. The maximum Gasteiger partial charge on any atom is 0.262 e. The summed E-state index contributed by atoms with van der Waals surface area (Å²) < 4.78 is 16.1. The molecule has 0 aliphatic carbocycles. The normalized spacial score (nSPS) is 12.8. The van der Waals surface area contributed by atoms with Gasteiger partial charge in [-0.15, -0.1) is 0 Å². The predicted molar refractivity (Wildman–Crippen MR) is 133 cm³/mol. The molecule has 0 saturated carbocycles. The number of carbonyl (C=O) groups excluding carboxylic acids is 2. The zero-order valence-electron chi connectivity index (χ0n) is 19.7. The van der Waals surface area contributed by atoms with E-state index in [0.717, 1.165) is 0 Å². The van der Waals surface area contributed by atoms with E-state index in [1.807, 2.05) is 13.8 Å². The van der Waals surface area contributed by atoms with Crippen LogP contribution in [0.5, 0.6) is 17.2 Å². The van der Waals surface area contributed by atoms with Crippen molar-refractivity contribution in [3.63, 3.8) is 0 Å². The highest BCUT2D eigenvalue weighted by molar-refractivity contribution is 6.35. The van der Waals surface area contributed by atoms with Gasteiger partial charge in [0.2, 0.25) is 0 Å². The van der Waals surface area contributed by atoms with Crippen LogP contribution in [0.25, 0.3) is 0 Å². The van der Waals surface area contributed by atoms with Crippen LogP contribution in [-0.4, -0.2) is 44.4 Å². The van der Waals surface area contributed by atoms with E-state index < -0.39 is 24.0 Å². The number of hydrazone groups is 1. The number of methoxy groups -OCH3 is 2. The van der Waals surface area contributed by atoms with Crippen LogP contribution in [-0.2, 0) is 9.59 Å². The first-order valence-corrected chi connectivity index (χ1v) is 11.4. The molecule has 2 rings (SSSR count). The van der Waals surface area contributed by atoms with Gasteiger partial charge in [-0.2, -0.15) is 5.10 Å². The minimum Gasteiger partial charge on any atom is -0.497 e. The zero-order valence-corrected chi connectivity index (χ0v) is 21.2. The molecule has 2 amide bonds. The van der Waals surface area contributed by atoms with Gasteiger partial charge in [0.25, 0.3) is 11.8 Å². The van der Waals surface area contributed by atoms with Crippen LogP contribution in [0.2, 0.25) is 10.0 Å². The molecule has 10 heteroatoms. The molecule has 2 aromatic carbocycles. The van der Waals surface area contributed by atoms with Crippen LogP contribution in [0, 0.1) is 5.92 Å². The summed E-state index contributed by atoms with van der Waals surface area (Å²) in [5, 5.41) is 7.48.